The molecule has 2 heterocycles. The highest BCUT2D eigenvalue weighted by Gasteiger charge is 2.20. The minimum Gasteiger partial charge on any atom is -0.378 e. The third-order valence-corrected chi connectivity index (χ3v) is 3.99. The number of ether oxygens (including phenoxy) is 1. The van der Waals surface area contributed by atoms with Crippen LogP contribution in [0.4, 0.5) is 0 Å². The summed E-state index contributed by atoms with van der Waals surface area (Å²) in [5.41, 5.74) is 1.91. The number of thiazole rings is 1. The number of nitrogens with zero attached hydrogens (tertiary/aromatic N) is 1. The lowest BCUT2D eigenvalue weighted by atomic mass is 10.0. The highest BCUT2D eigenvalue weighted by atomic mass is 32.1. The number of hydrogen-bond acceptors (Lipinski definition) is 4. The van der Waals surface area contributed by atoms with Crippen molar-refractivity contribution in [3.63, 3.8) is 0 Å². The van der Waals surface area contributed by atoms with Crippen LogP contribution in [0.2, 0.25) is 0 Å². The Morgan fingerprint density at radius 3 is 3.24 bits per heavy atom. The van der Waals surface area contributed by atoms with Crippen LogP contribution in [0, 0.1) is 0 Å². The molecule has 0 spiro atoms. The summed E-state index contributed by atoms with van der Waals surface area (Å²) in [6.45, 7) is 4.25. The lowest BCUT2D eigenvalue weighted by Gasteiger charge is -2.21. The summed E-state index contributed by atoms with van der Waals surface area (Å²) in [7, 11) is 0. The molecule has 0 saturated carbocycles. The molecule has 4 heteroatoms. The molecule has 1 aromatic heterocycles. The van der Waals surface area contributed by atoms with Crippen LogP contribution >= 0.6 is 11.3 Å². The van der Waals surface area contributed by atoms with Gasteiger partial charge < -0.3 is 10.1 Å². The standard InChI is InChI=1S/C13H22N2OS/c1-2-5-15-11(7-12-4-3-6-16-12)8-13-9-14-10-17-13/h9-12,15H,2-8H2,1H3. The zero-order chi connectivity index (χ0) is 11.9. The quantitative estimate of drug-likeness (QED) is 0.812. The van der Waals surface area contributed by atoms with Gasteiger partial charge in [0.1, 0.15) is 0 Å². The first kappa shape index (κ1) is 13.0. The molecule has 17 heavy (non-hydrogen) atoms. The maximum absolute atomic E-state index is 5.73. The molecule has 3 nitrogen and oxygen atoms in total. The van der Waals surface area contributed by atoms with Gasteiger partial charge in [0.25, 0.3) is 0 Å². The zero-order valence-corrected chi connectivity index (χ0v) is 11.3. The topological polar surface area (TPSA) is 34.2 Å². The van der Waals surface area contributed by atoms with Gasteiger partial charge in [0.2, 0.25) is 0 Å². The predicted octanol–water partition coefficient (Wildman–Crippen LogP) is 2.62. The van der Waals surface area contributed by atoms with E-state index in [1.165, 1.54) is 24.1 Å². The van der Waals surface area contributed by atoms with Crippen molar-refractivity contribution < 1.29 is 4.74 Å². The third kappa shape index (κ3) is 4.37. The average molecular weight is 254 g/mol. The van der Waals surface area contributed by atoms with Gasteiger partial charge >= 0.3 is 0 Å². The summed E-state index contributed by atoms with van der Waals surface area (Å²) in [6, 6.07) is 0.540. The first-order valence-electron chi connectivity index (χ1n) is 6.61. The molecule has 0 aromatic carbocycles. The number of hydrogen-bond donors (Lipinski definition) is 1. The summed E-state index contributed by atoms with van der Waals surface area (Å²) >= 11 is 1.75. The van der Waals surface area contributed by atoms with Gasteiger partial charge in [-0.3, -0.25) is 4.98 Å². The molecule has 0 bridgehead atoms. The minimum absolute atomic E-state index is 0.470. The van der Waals surface area contributed by atoms with E-state index in [2.05, 4.69) is 17.2 Å². The summed E-state index contributed by atoms with van der Waals surface area (Å²) in [6.07, 6.45) is 8.32. The smallest absolute Gasteiger partial charge is 0.0794 e. The summed E-state index contributed by atoms with van der Waals surface area (Å²) < 4.78 is 5.73. The van der Waals surface area contributed by atoms with E-state index in [0.29, 0.717) is 12.1 Å². The Bertz CT molecular complexity index is 296. The van der Waals surface area contributed by atoms with Crippen LogP contribution in [0.25, 0.3) is 0 Å². The number of rotatable bonds is 7. The van der Waals surface area contributed by atoms with Crippen molar-refractivity contribution in [3.8, 4) is 0 Å². The summed E-state index contributed by atoms with van der Waals surface area (Å²) in [4.78, 5) is 5.52. The lowest BCUT2D eigenvalue weighted by Crippen LogP contribution is -2.34. The van der Waals surface area contributed by atoms with Gasteiger partial charge in [-0.2, -0.15) is 0 Å². The maximum atomic E-state index is 5.73. The molecule has 1 fully saturated rings. The molecule has 1 aliphatic rings. The molecule has 1 aliphatic heterocycles. The van der Waals surface area contributed by atoms with E-state index >= 15 is 0 Å². The zero-order valence-electron chi connectivity index (χ0n) is 10.5. The Kier molecular flexibility index (Phi) is 5.42. The second-order valence-electron chi connectivity index (χ2n) is 4.69. The van der Waals surface area contributed by atoms with Crippen LogP contribution in [-0.2, 0) is 11.2 Å². The average Bonchev–Trinajstić information content (AvgIpc) is 2.99. The van der Waals surface area contributed by atoms with Crippen molar-refractivity contribution in [2.24, 2.45) is 0 Å². The summed E-state index contributed by atoms with van der Waals surface area (Å²) in [5.74, 6) is 0. The van der Waals surface area contributed by atoms with Crippen LogP contribution in [0.3, 0.4) is 0 Å². The van der Waals surface area contributed by atoms with Crippen LogP contribution in [0.1, 0.15) is 37.5 Å². The monoisotopic (exact) mass is 254 g/mol. The fraction of sp³-hybridized carbons (Fsp3) is 0.769. The highest BCUT2D eigenvalue weighted by molar-refractivity contribution is 7.09. The van der Waals surface area contributed by atoms with Gasteiger partial charge in [0.05, 0.1) is 11.6 Å². The molecule has 2 rings (SSSR count). The fourth-order valence-electron chi connectivity index (χ4n) is 2.32. The van der Waals surface area contributed by atoms with E-state index in [4.69, 9.17) is 4.74 Å². The molecule has 1 saturated heterocycles. The van der Waals surface area contributed by atoms with Gasteiger partial charge in [-0.1, -0.05) is 6.92 Å². The van der Waals surface area contributed by atoms with Gasteiger partial charge in [-0.15, -0.1) is 11.3 Å². The van der Waals surface area contributed by atoms with E-state index in [1.54, 1.807) is 11.3 Å². The minimum atomic E-state index is 0.470. The second-order valence-corrected chi connectivity index (χ2v) is 5.66. The molecule has 0 radical (unpaired) electrons. The maximum Gasteiger partial charge on any atom is 0.0794 e. The van der Waals surface area contributed by atoms with E-state index < -0.39 is 0 Å². The van der Waals surface area contributed by atoms with E-state index in [-0.39, 0.29) is 0 Å². The Hall–Kier alpha value is -0.450. The van der Waals surface area contributed by atoms with Crippen LogP contribution < -0.4 is 5.32 Å². The van der Waals surface area contributed by atoms with Gasteiger partial charge in [-0.25, -0.2) is 0 Å². The van der Waals surface area contributed by atoms with Gasteiger partial charge in [0.15, 0.2) is 0 Å². The molecule has 2 atom stereocenters. The molecule has 1 aromatic rings. The molecular formula is C13H22N2OS. The SMILES string of the molecule is CCCNC(Cc1cncs1)CC1CCCO1. The molecule has 96 valence electrons. The van der Waals surface area contributed by atoms with Crippen LogP contribution in [0.15, 0.2) is 11.7 Å². The van der Waals surface area contributed by atoms with E-state index in [0.717, 1.165) is 26.0 Å². The molecule has 2 unspecified atom stereocenters. The fourth-order valence-corrected chi connectivity index (χ4v) is 3.00. The van der Waals surface area contributed by atoms with Crippen molar-refractivity contribution in [1.29, 1.82) is 0 Å². The first-order valence-corrected chi connectivity index (χ1v) is 7.48. The van der Waals surface area contributed by atoms with E-state index in [9.17, 15) is 0 Å². The summed E-state index contributed by atoms with van der Waals surface area (Å²) in [5, 5.41) is 3.63. The van der Waals surface area contributed by atoms with Crippen molar-refractivity contribution in [2.45, 2.75) is 51.2 Å². The molecule has 0 aliphatic carbocycles. The van der Waals surface area contributed by atoms with Crippen molar-refractivity contribution in [3.05, 3.63) is 16.6 Å². The van der Waals surface area contributed by atoms with Crippen LogP contribution in [-0.4, -0.2) is 30.3 Å². The Balaban J connectivity index is 1.83. The number of aromatic nitrogens is 1. The van der Waals surface area contributed by atoms with Gasteiger partial charge in [0, 0.05) is 23.7 Å². The van der Waals surface area contributed by atoms with Crippen molar-refractivity contribution in [1.82, 2.24) is 10.3 Å². The largest absolute Gasteiger partial charge is 0.378 e. The molecule has 1 N–H and O–H groups in total. The Morgan fingerprint density at radius 1 is 1.65 bits per heavy atom. The van der Waals surface area contributed by atoms with Gasteiger partial charge in [-0.05, 0) is 38.6 Å². The number of nitrogens with one attached hydrogen (secondary N) is 1. The predicted molar refractivity (Wildman–Crippen MR) is 71.5 cm³/mol. The van der Waals surface area contributed by atoms with Crippen LogP contribution in [0.5, 0.6) is 0 Å². The molecular weight excluding hydrogens is 232 g/mol. The third-order valence-electron chi connectivity index (χ3n) is 3.19. The second kappa shape index (κ2) is 7.09. The molecule has 0 amide bonds. The van der Waals surface area contributed by atoms with Crippen molar-refractivity contribution in [2.75, 3.05) is 13.2 Å². The Morgan fingerprint density at radius 2 is 2.59 bits per heavy atom. The van der Waals surface area contributed by atoms with Crippen molar-refractivity contribution >= 4 is 11.3 Å². The first-order chi connectivity index (χ1) is 8.38. The van der Waals surface area contributed by atoms with E-state index in [1.807, 2.05) is 11.7 Å². The lowest BCUT2D eigenvalue weighted by molar-refractivity contribution is 0.0946. The highest BCUT2D eigenvalue weighted by Crippen LogP contribution is 2.19. The normalized spacial score (nSPS) is 21.8. The Labute approximate surface area is 108 Å².